The van der Waals surface area contributed by atoms with Gasteiger partial charge in [0.25, 0.3) is 5.91 Å². The number of hydrogen-bond acceptors (Lipinski definition) is 4. The van der Waals surface area contributed by atoms with Crippen molar-refractivity contribution in [1.82, 2.24) is 0 Å². The molecule has 2 rings (SSSR count). The van der Waals surface area contributed by atoms with E-state index in [4.69, 9.17) is 9.84 Å². The van der Waals surface area contributed by atoms with Crippen molar-refractivity contribution >= 4 is 17.6 Å². The van der Waals surface area contributed by atoms with E-state index in [1.54, 1.807) is 31.2 Å². The molecule has 1 fully saturated rings. The van der Waals surface area contributed by atoms with Crippen LogP contribution in [0, 0.1) is 0 Å². The number of nitrogens with one attached hydrogen (secondary N) is 1. The Bertz CT molecular complexity index is 514. The van der Waals surface area contributed by atoms with Crippen molar-refractivity contribution in [3.63, 3.8) is 0 Å². The van der Waals surface area contributed by atoms with E-state index in [-0.39, 0.29) is 5.91 Å². The molecule has 3 unspecified atom stereocenters. The molecular weight excluding hydrogens is 262 g/mol. The molecule has 6 heteroatoms. The van der Waals surface area contributed by atoms with Crippen LogP contribution in [0.2, 0.25) is 0 Å². The lowest BCUT2D eigenvalue weighted by molar-refractivity contribution is -0.150. The highest BCUT2D eigenvalue weighted by Gasteiger charge is 2.34. The van der Waals surface area contributed by atoms with Crippen LogP contribution in [-0.2, 0) is 14.3 Å². The normalized spacial score (nSPS) is 23.3. The van der Waals surface area contributed by atoms with Crippen molar-refractivity contribution in [2.45, 2.75) is 38.1 Å². The fourth-order valence-corrected chi connectivity index (χ4v) is 2.20. The molecule has 0 radical (unpaired) electrons. The van der Waals surface area contributed by atoms with Gasteiger partial charge in [-0.1, -0.05) is 18.2 Å². The van der Waals surface area contributed by atoms with E-state index >= 15 is 0 Å². The highest BCUT2D eigenvalue weighted by molar-refractivity contribution is 5.95. The monoisotopic (exact) mass is 279 g/mol. The second-order valence-corrected chi connectivity index (χ2v) is 4.78. The number of aliphatic carboxylic acids is 1. The minimum absolute atomic E-state index is 0.325. The van der Waals surface area contributed by atoms with E-state index < -0.39 is 24.3 Å². The van der Waals surface area contributed by atoms with Crippen molar-refractivity contribution in [2.24, 2.45) is 0 Å². The number of benzene rings is 1. The molecular formula is C14H17NO5. The summed E-state index contributed by atoms with van der Waals surface area (Å²) in [5.41, 5.74) is 1.11. The Labute approximate surface area is 116 Å². The molecule has 6 nitrogen and oxygen atoms in total. The number of rotatable bonds is 4. The highest BCUT2D eigenvalue weighted by atomic mass is 16.5. The Morgan fingerprint density at radius 2 is 1.95 bits per heavy atom. The summed E-state index contributed by atoms with van der Waals surface area (Å²) in [6.45, 7) is 1.61. The Balaban J connectivity index is 2.04. The number of anilines is 1. The summed E-state index contributed by atoms with van der Waals surface area (Å²) < 4.78 is 5.18. The molecule has 1 aromatic rings. The average Bonchev–Trinajstić information content (AvgIpc) is 2.89. The third-order valence-electron chi connectivity index (χ3n) is 3.26. The summed E-state index contributed by atoms with van der Waals surface area (Å²) in [5.74, 6) is -1.44. The summed E-state index contributed by atoms with van der Waals surface area (Å²) in [5, 5.41) is 21.1. The molecule has 0 spiro atoms. The van der Waals surface area contributed by atoms with Crippen molar-refractivity contribution in [1.29, 1.82) is 0 Å². The minimum Gasteiger partial charge on any atom is -0.479 e. The zero-order valence-corrected chi connectivity index (χ0v) is 11.1. The zero-order chi connectivity index (χ0) is 14.7. The Kier molecular flexibility index (Phi) is 4.36. The van der Waals surface area contributed by atoms with E-state index in [1.165, 1.54) is 0 Å². The van der Waals surface area contributed by atoms with Gasteiger partial charge in [0, 0.05) is 11.3 Å². The van der Waals surface area contributed by atoms with Crippen LogP contribution in [0.25, 0.3) is 0 Å². The van der Waals surface area contributed by atoms with Gasteiger partial charge in [0.2, 0.25) is 0 Å². The van der Waals surface area contributed by atoms with Crippen molar-refractivity contribution < 1.29 is 24.5 Å². The summed E-state index contributed by atoms with van der Waals surface area (Å²) in [7, 11) is 0. The lowest BCUT2D eigenvalue weighted by atomic mass is 10.1. The van der Waals surface area contributed by atoms with Gasteiger partial charge in [0.05, 0.1) is 6.10 Å². The number of carbonyl (C=O) groups excluding carboxylic acids is 1. The molecule has 0 aromatic heterocycles. The molecule has 1 amide bonds. The number of carbonyl (C=O) groups is 2. The number of ether oxygens (including phenoxy) is 1. The van der Waals surface area contributed by atoms with Crippen molar-refractivity contribution in [3.05, 3.63) is 29.8 Å². The van der Waals surface area contributed by atoms with Crippen LogP contribution in [0.5, 0.6) is 0 Å². The maximum absolute atomic E-state index is 12.0. The molecule has 20 heavy (non-hydrogen) atoms. The molecule has 3 atom stereocenters. The Morgan fingerprint density at radius 1 is 1.30 bits per heavy atom. The number of amides is 1. The van der Waals surface area contributed by atoms with Crippen LogP contribution in [0.15, 0.2) is 24.3 Å². The third kappa shape index (κ3) is 3.15. The van der Waals surface area contributed by atoms with Gasteiger partial charge in [0.1, 0.15) is 6.10 Å². The van der Waals surface area contributed by atoms with Crippen LogP contribution < -0.4 is 5.32 Å². The molecule has 0 bridgehead atoms. The summed E-state index contributed by atoms with van der Waals surface area (Å²) in [4.78, 5) is 22.8. The van der Waals surface area contributed by atoms with E-state index in [2.05, 4.69) is 5.32 Å². The van der Waals surface area contributed by atoms with E-state index in [1.807, 2.05) is 0 Å². The SMILES string of the molecule is CC(O)c1ccccc1NC(=O)C1CCC(C(=O)O)O1. The molecule has 1 aromatic carbocycles. The maximum Gasteiger partial charge on any atom is 0.332 e. The first-order valence-corrected chi connectivity index (χ1v) is 6.45. The molecule has 1 aliphatic rings. The van der Waals surface area contributed by atoms with Gasteiger partial charge in [-0.15, -0.1) is 0 Å². The smallest absolute Gasteiger partial charge is 0.332 e. The molecule has 1 heterocycles. The van der Waals surface area contributed by atoms with Crippen molar-refractivity contribution in [2.75, 3.05) is 5.32 Å². The average molecular weight is 279 g/mol. The molecule has 0 saturated carbocycles. The molecule has 1 aliphatic heterocycles. The number of para-hydroxylation sites is 1. The largest absolute Gasteiger partial charge is 0.479 e. The van der Waals surface area contributed by atoms with Gasteiger partial charge in [-0.2, -0.15) is 0 Å². The summed E-state index contributed by atoms with van der Waals surface area (Å²) in [6.07, 6.45) is -1.69. The minimum atomic E-state index is -1.05. The van der Waals surface area contributed by atoms with Gasteiger partial charge >= 0.3 is 5.97 Å². The maximum atomic E-state index is 12.0. The second kappa shape index (κ2) is 6.02. The molecule has 108 valence electrons. The Morgan fingerprint density at radius 3 is 2.55 bits per heavy atom. The van der Waals surface area contributed by atoms with E-state index in [0.29, 0.717) is 24.1 Å². The first kappa shape index (κ1) is 14.5. The first-order chi connectivity index (χ1) is 9.49. The second-order valence-electron chi connectivity index (χ2n) is 4.78. The number of hydrogen-bond donors (Lipinski definition) is 3. The predicted molar refractivity (Wildman–Crippen MR) is 71.2 cm³/mol. The van der Waals surface area contributed by atoms with Crippen LogP contribution in [0.3, 0.4) is 0 Å². The van der Waals surface area contributed by atoms with Gasteiger partial charge in [-0.25, -0.2) is 4.79 Å². The molecule has 1 saturated heterocycles. The number of aliphatic hydroxyl groups is 1. The number of carboxylic acids is 1. The highest BCUT2D eigenvalue weighted by Crippen LogP contribution is 2.25. The molecule has 0 aliphatic carbocycles. The standard InChI is InChI=1S/C14H17NO5/c1-8(16)9-4-2-3-5-10(9)15-13(17)11-6-7-12(20-11)14(18)19/h2-5,8,11-12,16H,6-7H2,1H3,(H,15,17)(H,18,19). The third-order valence-corrected chi connectivity index (χ3v) is 3.26. The van der Waals surface area contributed by atoms with Crippen LogP contribution in [0.4, 0.5) is 5.69 Å². The lowest BCUT2D eigenvalue weighted by Crippen LogP contribution is -2.30. The van der Waals surface area contributed by atoms with Gasteiger partial charge in [-0.3, -0.25) is 4.79 Å². The Hall–Kier alpha value is -1.92. The quantitative estimate of drug-likeness (QED) is 0.772. The van der Waals surface area contributed by atoms with Crippen LogP contribution in [-0.4, -0.2) is 34.3 Å². The fraction of sp³-hybridized carbons (Fsp3) is 0.429. The summed E-state index contributed by atoms with van der Waals surface area (Å²) >= 11 is 0. The number of carboxylic acid groups (broad SMARTS) is 1. The first-order valence-electron chi connectivity index (χ1n) is 6.45. The predicted octanol–water partition coefficient (Wildman–Crippen LogP) is 1.31. The lowest BCUT2D eigenvalue weighted by Gasteiger charge is -2.15. The van der Waals surface area contributed by atoms with Crippen molar-refractivity contribution in [3.8, 4) is 0 Å². The van der Waals surface area contributed by atoms with Gasteiger partial charge in [-0.05, 0) is 25.8 Å². The van der Waals surface area contributed by atoms with Gasteiger partial charge < -0.3 is 20.3 Å². The topological polar surface area (TPSA) is 95.9 Å². The van der Waals surface area contributed by atoms with Crippen LogP contribution >= 0.6 is 0 Å². The van der Waals surface area contributed by atoms with E-state index in [0.717, 1.165) is 0 Å². The summed E-state index contributed by atoms with van der Waals surface area (Å²) in [6, 6.07) is 6.92. The zero-order valence-electron chi connectivity index (χ0n) is 11.1. The number of aliphatic hydroxyl groups excluding tert-OH is 1. The van der Waals surface area contributed by atoms with Crippen LogP contribution in [0.1, 0.15) is 31.4 Å². The molecule has 3 N–H and O–H groups in total. The fourth-order valence-electron chi connectivity index (χ4n) is 2.20. The van der Waals surface area contributed by atoms with E-state index in [9.17, 15) is 14.7 Å². The van der Waals surface area contributed by atoms with Gasteiger partial charge in [0.15, 0.2) is 6.10 Å².